The summed E-state index contributed by atoms with van der Waals surface area (Å²) in [6.45, 7) is 9.98. The third-order valence-corrected chi connectivity index (χ3v) is 7.43. The predicted molar refractivity (Wildman–Crippen MR) is 132 cm³/mol. The van der Waals surface area contributed by atoms with Crippen LogP contribution in [0.15, 0.2) is 36.4 Å². The standard InChI is InChI=1S/C26H31Cl2FN2O3/c1-24(2,3)13-20-26(30,17-9-7-15(28)12-18(17)29)21(16-11-14(27)8-10-19(16)33-6)22-23(32)34-25(4,5)31(20)22/h7-12,20-22H,13,30H2,1-6H3. The highest BCUT2D eigenvalue weighted by molar-refractivity contribution is 6.31. The molecule has 4 rings (SSSR count). The number of methoxy groups -OCH3 is 1. The number of hydrogen-bond donors (Lipinski definition) is 1. The highest BCUT2D eigenvalue weighted by Gasteiger charge is 2.69. The Morgan fingerprint density at radius 1 is 1.15 bits per heavy atom. The van der Waals surface area contributed by atoms with Crippen LogP contribution < -0.4 is 10.5 Å². The number of rotatable bonds is 4. The van der Waals surface area contributed by atoms with E-state index in [2.05, 4.69) is 20.8 Å². The molecular weight excluding hydrogens is 478 g/mol. The van der Waals surface area contributed by atoms with E-state index in [1.54, 1.807) is 37.4 Å². The second-order valence-electron chi connectivity index (χ2n) is 10.9. The number of carbonyl (C=O) groups excluding carboxylic acids is 1. The van der Waals surface area contributed by atoms with E-state index in [1.165, 1.54) is 6.07 Å². The van der Waals surface area contributed by atoms with Gasteiger partial charge in [-0.1, -0.05) is 50.0 Å². The lowest BCUT2D eigenvalue weighted by atomic mass is 9.68. The van der Waals surface area contributed by atoms with Crippen LogP contribution in [0.25, 0.3) is 0 Å². The Morgan fingerprint density at radius 2 is 1.76 bits per heavy atom. The Morgan fingerprint density at radius 3 is 2.35 bits per heavy atom. The molecule has 0 bridgehead atoms. The van der Waals surface area contributed by atoms with Crippen molar-refractivity contribution in [3.63, 3.8) is 0 Å². The maximum absolute atomic E-state index is 15.6. The smallest absolute Gasteiger partial charge is 0.325 e. The predicted octanol–water partition coefficient (Wildman–Crippen LogP) is 5.86. The summed E-state index contributed by atoms with van der Waals surface area (Å²) in [5.74, 6) is -1.10. The van der Waals surface area contributed by atoms with Gasteiger partial charge in [0.2, 0.25) is 0 Å². The fourth-order valence-corrected chi connectivity index (χ4v) is 6.12. The van der Waals surface area contributed by atoms with E-state index in [4.69, 9.17) is 38.4 Å². The minimum atomic E-state index is -1.32. The van der Waals surface area contributed by atoms with Crippen molar-refractivity contribution >= 4 is 29.2 Å². The van der Waals surface area contributed by atoms with E-state index in [0.717, 1.165) is 0 Å². The van der Waals surface area contributed by atoms with E-state index < -0.39 is 41.1 Å². The monoisotopic (exact) mass is 508 g/mol. The third-order valence-electron chi connectivity index (χ3n) is 6.96. The van der Waals surface area contributed by atoms with E-state index in [9.17, 15) is 4.79 Å². The zero-order chi connectivity index (χ0) is 25.2. The lowest BCUT2D eigenvalue weighted by Crippen LogP contribution is -2.56. The van der Waals surface area contributed by atoms with Crippen LogP contribution in [0.3, 0.4) is 0 Å². The molecule has 34 heavy (non-hydrogen) atoms. The summed E-state index contributed by atoms with van der Waals surface area (Å²) in [6, 6.07) is 8.51. The Labute approximate surface area is 210 Å². The Kier molecular flexibility index (Phi) is 6.21. The van der Waals surface area contributed by atoms with Gasteiger partial charge in [0.1, 0.15) is 17.6 Å². The first kappa shape index (κ1) is 25.2. The zero-order valence-electron chi connectivity index (χ0n) is 20.3. The van der Waals surface area contributed by atoms with Crippen LogP contribution in [0, 0.1) is 11.2 Å². The Hall–Kier alpha value is -1.86. The number of ether oxygens (including phenoxy) is 2. The summed E-state index contributed by atoms with van der Waals surface area (Å²) in [5, 5.41) is 0.735. The molecule has 184 valence electrons. The number of esters is 1. The molecule has 0 amide bonds. The molecule has 0 spiro atoms. The SMILES string of the molecule is COc1ccc(Cl)cc1C1C2C(=O)OC(C)(C)N2C(CC(C)(C)C)C1(N)c1ccc(Cl)cc1F. The van der Waals surface area contributed by atoms with Gasteiger partial charge in [-0.3, -0.25) is 4.79 Å². The third kappa shape index (κ3) is 3.98. The van der Waals surface area contributed by atoms with Crippen molar-refractivity contribution < 1.29 is 18.7 Å². The highest BCUT2D eigenvalue weighted by atomic mass is 35.5. The van der Waals surface area contributed by atoms with Crippen molar-refractivity contribution in [1.29, 1.82) is 0 Å². The molecule has 2 heterocycles. The molecule has 2 aromatic carbocycles. The Bertz CT molecular complexity index is 1130. The van der Waals surface area contributed by atoms with Crippen molar-refractivity contribution in [2.75, 3.05) is 7.11 Å². The molecule has 0 saturated carbocycles. The minimum Gasteiger partial charge on any atom is -0.496 e. The zero-order valence-corrected chi connectivity index (χ0v) is 21.8. The van der Waals surface area contributed by atoms with Crippen molar-refractivity contribution in [3.05, 3.63) is 63.4 Å². The van der Waals surface area contributed by atoms with Crippen LogP contribution in [0.4, 0.5) is 4.39 Å². The minimum absolute atomic E-state index is 0.183. The number of fused-ring (bicyclic) bond motifs is 1. The number of benzene rings is 2. The normalized spacial score (nSPS) is 28.6. The molecule has 4 unspecified atom stereocenters. The average molecular weight is 509 g/mol. The van der Waals surface area contributed by atoms with Gasteiger partial charge < -0.3 is 15.2 Å². The largest absolute Gasteiger partial charge is 0.496 e. The first-order valence-electron chi connectivity index (χ1n) is 11.3. The summed E-state index contributed by atoms with van der Waals surface area (Å²) in [6.07, 6.45) is 0.585. The topological polar surface area (TPSA) is 64.8 Å². The van der Waals surface area contributed by atoms with Gasteiger partial charge in [-0.15, -0.1) is 0 Å². The van der Waals surface area contributed by atoms with Crippen LogP contribution in [0.5, 0.6) is 5.75 Å². The highest BCUT2D eigenvalue weighted by Crippen LogP contribution is 2.59. The molecule has 2 aromatic rings. The maximum atomic E-state index is 15.6. The molecule has 0 aromatic heterocycles. The van der Waals surface area contributed by atoms with Gasteiger partial charge in [0.15, 0.2) is 5.72 Å². The van der Waals surface area contributed by atoms with E-state index in [1.807, 2.05) is 18.7 Å². The number of nitrogens with two attached hydrogens (primary N) is 1. The van der Waals surface area contributed by atoms with Gasteiger partial charge >= 0.3 is 5.97 Å². The first-order chi connectivity index (χ1) is 15.7. The number of nitrogens with zero attached hydrogens (tertiary/aromatic N) is 1. The molecule has 5 nitrogen and oxygen atoms in total. The van der Waals surface area contributed by atoms with E-state index >= 15 is 4.39 Å². The first-order valence-corrected chi connectivity index (χ1v) is 12.1. The lowest BCUT2D eigenvalue weighted by molar-refractivity contribution is -0.152. The molecule has 2 saturated heterocycles. The molecular formula is C26H31Cl2FN2O3. The molecule has 2 aliphatic rings. The summed E-state index contributed by atoms with van der Waals surface area (Å²) in [5.41, 5.74) is 5.86. The van der Waals surface area contributed by atoms with Crippen LogP contribution in [0.2, 0.25) is 10.0 Å². The molecule has 2 aliphatic heterocycles. The van der Waals surface area contributed by atoms with E-state index in [-0.39, 0.29) is 16.0 Å². The van der Waals surface area contributed by atoms with Crippen LogP contribution in [-0.2, 0) is 15.1 Å². The van der Waals surface area contributed by atoms with Gasteiger partial charge in [-0.05, 0) is 56.0 Å². The lowest BCUT2D eigenvalue weighted by Gasteiger charge is -2.44. The van der Waals surface area contributed by atoms with Gasteiger partial charge in [0, 0.05) is 33.1 Å². The summed E-state index contributed by atoms with van der Waals surface area (Å²) >= 11 is 12.5. The van der Waals surface area contributed by atoms with Crippen LogP contribution in [0.1, 0.15) is 58.1 Å². The molecule has 2 N–H and O–H groups in total. The molecule has 4 atom stereocenters. The fraction of sp³-hybridized carbons (Fsp3) is 0.500. The number of hydrogen-bond acceptors (Lipinski definition) is 5. The van der Waals surface area contributed by atoms with Crippen molar-refractivity contribution in [3.8, 4) is 5.75 Å². The van der Waals surface area contributed by atoms with Crippen molar-refractivity contribution in [2.24, 2.45) is 11.1 Å². The second-order valence-corrected chi connectivity index (χ2v) is 11.8. The molecule has 0 aliphatic carbocycles. The summed E-state index contributed by atoms with van der Waals surface area (Å²) < 4.78 is 27.1. The summed E-state index contributed by atoms with van der Waals surface area (Å²) in [4.78, 5) is 15.4. The number of halogens is 3. The van der Waals surface area contributed by atoms with E-state index in [0.29, 0.717) is 22.8 Å². The van der Waals surface area contributed by atoms with Crippen molar-refractivity contribution in [1.82, 2.24) is 4.90 Å². The number of cyclic esters (lactones) is 1. The van der Waals surface area contributed by atoms with Crippen LogP contribution in [-0.4, -0.2) is 35.8 Å². The van der Waals surface area contributed by atoms with Crippen LogP contribution >= 0.6 is 23.2 Å². The van der Waals surface area contributed by atoms with Gasteiger partial charge in [0.25, 0.3) is 0 Å². The molecule has 0 radical (unpaired) electrons. The molecule has 2 fully saturated rings. The fourth-order valence-electron chi connectivity index (χ4n) is 5.78. The number of carbonyl (C=O) groups is 1. The quantitative estimate of drug-likeness (QED) is 0.523. The summed E-state index contributed by atoms with van der Waals surface area (Å²) in [7, 11) is 1.55. The Balaban J connectivity index is 2.08. The van der Waals surface area contributed by atoms with Gasteiger partial charge in [-0.2, -0.15) is 0 Å². The van der Waals surface area contributed by atoms with Gasteiger partial charge in [-0.25, -0.2) is 9.29 Å². The maximum Gasteiger partial charge on any atom is 0.325 e. The second kappa shape index (κ2) is 8.37. The van der Waals surface area contributed by atoms with Gasteiger partial charge in [0.05, 0.1) is 12.6 Å². The van der Waals surface area contributed by atoms with Crippen molar-refractivity contribution in [2.45, 2.75) is 70.3 Å². The average Bonchev–Trinajstić information content (AvgIpc) is 3.09. The molecule has 8 heteroatoms.